The standard InChI is InChI=1S/C18H22N4O3/c1-25-16-4-2-13(3-5-16)11-21-18(24)15(10-19)12-22-8-6-14(7-9-22)17(20)23/h2-5,12,14H,6-9,11H2,1H3,(H2,20,23)(H,21,24)/b15-12-. The Morgan fingerprint density at radius 1 is 1.36 bits per heavy atom. The maximum absolute atomic E-state index is 12.2. The van der Waals surface area contributed by atoms with E-state index in [2.05, 4.69) is 5.32 Å². The molecule has 3 N–H and O–H groups in total. The van der Waals surface area contributed by atoms with Crippen LogP contribution in [0.15, 0.2) is 36.0 Å². The van der Waals surface area contributed by atoms with E-state index in [9.17, 15) is 14.9 Å². The molecule has 0 radical (unpaired) electrons. The van der Waals surface area contributed by atoms with E-state index >= 15 is 0 Å². The second-order valence-electron chi connectivity index (χ2n) is 5.90. The Bertz CT molecular complexity index is 683. The van der Waals surface area contributed by atoms with Crippen molar-refractivity contribution in [2.24, 2.45) is 11.7 Å². The van der Waals surface area contributed by atoms with Crippen LogP contribution in [0.1, 0.15) is 18.4 Å². The Kier molecular flexibility index (Phi) is 6.40. The Hall–Kier alpha value is -3.01. The maximum Gasteiger partial charge on any atom is 0.263 e. The van der Waals surface area contributed by atoms with Crippen LogP contribution in [0.2, 0.25) is 0 Å². The number of rotatable bonds is 6. The average Bonchev–Trinajstić information content (AvgIpc) is 2.64. The summed E-state index contributed by atoms with van der Waals surface area (Å²) in [6.45, 7) is 1.53. The zero-order valence-electron chi connectivity index (χ0n) is 14.2. The van der Waals surface area contributed by atoms with Gasteiger partial charge in [-0.2, -0.15) is 5.26 Å². The van der Waals surface area contributed by atoms with Crippen LogP contribution in [0.3, 0.4) is 0 Å². The predicted octanol–water partition coefficient (Wildman–Crippen LogP) is 0.916. The molecule has 0 spiro atoms. The third-order valence-electron chi connectivity index (χ3n) is 4.22. The number of nitrogens with two attached hydrogens (primary N) is 1. The van der Waals surface area contributed by atoms with E-state index in [0.717, 1.165) is 11.3 Å². The number of primary amides is 1. The number of nitrogens with one attached hydrogen (secondary N) is 1. The van der Waals surface area contributed by atoms with Gasteiger partial charge in [-0.3, -0.25) is 9.59 Å². The molecule has 0 aliphatic carbocycles. The molecule has 2 rings (SSSR count). The van der Waals surface area contributed by atoms with E-state index in [1.165, 1.54) is 0 Å². The van der Waals surface area contributed by atoms with Gasteiger partial charge in [-0.1, -0.05) is 12.1 Å². The molecule has 1 saturated heterocycles. The van der Waals surface area contributed by atoms with Crippen molar-refractivity contribution in [1.29, 1.82) is 5.26 Å². The monoisotopic (exact) mass is 342 g/mol. The minimum Gasteiger partial charge on any atom is -0.497 e. The summed E-state index contributed by atoms with van der Waals surface area (Å²) in [4.78, 5) is 25.2. The molecule has 7 heteroatoms. The number of piperidine rings is 1. The molecule has 1 aromatic rings. The summed E-state index contributed by atoms with van der Waals surface area (Å²) in [6.07, 6.45) is 2.83. The van der Waals surface area contributed by atoms with Gasteiger partial charge in [0.05, 0.1) is 7.11 Å². The minimum atomic E-state index is -0.421. The van der Waals surface area contributed by atoms with Crippen LogP contribution in [0, 0.1) is 17.2 Å². The first-order valence-corrected chi connectivity index (χ1v) is 8.10. The summed E-state index contributed by atoms with van der Waals surface area (Å²) in [5.41, 5.74) is 6.26. The first-order chi connectivity index (χ1) is 12.0. The minimum absolute atomic E-state index is 0.0473. The smallest absolute Gasteiger partial charge is 0.263 e. The number of nitriles is 1. The van der Waals surface area contributed by atoms with Crippen LogP contribution >= 0.6 is 0 Å². The molecule has 1 aliphatic heterocycles. The van der Waals surface area contributed by atoms with E-state index in [1.807, 2.05) is 35.2 Å². The number of carbonyl (C=O) groups excluding carboxylic acids is 2. The van der Waals surface area contributed by atoms with Crippen LogP contribution in [0.5, 0.6) is 5.75 Å². The molecular weight excluding hydrogens is 320 g/mol. The quantitative estimate of drug-likeness (QED) is 0.590. The Balaban J connectivity index is 1.89. The third-order valence-corrected chi connectivity index (χ3v) is 4.22. The van der Waals surface area contributed by atoms with Crippen molar-refractivity contribution in [1.82, 2.24) is 10.2 Å². The molecule has 0 bridgehead atoms. The van der Waals surface area contributed by atoms with Gasteiger partial charge in [0.25, 0.3) is 5.91 Å². The largest absolute Gasteiger partial charge is 0.497 e. The third kappa shape index (κ3) is 5.24. The summed E-state index contributed by atoms with van der Waals surface area (Å²) in [6, 6.07) is 9.26. The number of hydrogen-bond acceptors (Lipinski definition) is 5. The van der Waals surface area contributed by atoms with E-state index in [4.69, 9.17) is 10.5 Å². The lowest BCUT2D eigenvalue weighted by Gasteiger charge is -2.29. The van der Waals surface area contributed by atoms with Crippen molar-refractivity contribution in [3.8, 4) is 11.8 Å². The number of likely N-dealkylation sites (tertiary alicyclic amines) is 1. The summed E-state index contributed by atoms with van der Waals surface area (Å²) in [5, 5.41) is 12.0. The van der Waals surface area contributed by atoms with Crippen LogP contribution in [0.25, 0.3) is 0 Å². The number of methoxy groups -OCH3 is 1. The fourth-order valence-electron chi connectivity index (χ4n) is 2.65. The highest BCUT2D eigenvalue weighted by atomic mass is 16.5. The van der Waals surface area contributed by atoms with E-state index in [1.54, 1.807) is 13.3 Å². The second kappa shape index (κ2) is 8.73. The first-order valence-electron chi connectivity index (χ1n) is 8.10. The summed E-state index contributed by atoms with van der Waals surface area (Å²) in [7, 11) is 1.59. The van der Waals surface area contributed by atoms with Gasteiger partial charge in [-0.25, -0.2) is 0 Å². The average molecular weight is 342 g/mol. The second-order valence-corrected chi connectivity index (χ2v) is 5.90. The normalized spacial score (nSPS) is 15.4. The molecule has 0 aromatic heterocycles. The van der Waals surface area contributed by atoms with Crippen LogP contribution in [-0.4, -0.2) is 36.9 Å². The van der Waals surface area contributed by atoms with Gasteiger partial charge >= 0.3 is 0 Å². The van der Waals surface area contributed by atoms with Gasteiger partial charge in [0.1, 0.15) is 17.4 Å². The number of benzene rings is 1. The van der Waals surface area contributed by atoms with Gasteiger partial charge in [0.2, 0.25) is 5.91 Å². The van der Waals surface area contributed by atoms with Crippen molar-refractivity contribution < 1.29 is 14.3 Å². The van der Waals surface area contributed by atoms with Crippen molar-refractivity contribution in [3.05, 3.63) is 41.6 Å². The zero-order valence-corrected chi connectivity index (χ0v) is 14.2. The molecule has 1 aliphatic rings. The van der Waals surface area contributed by atoms with Crippen molar-refractivity contribution in [2.45, 2.75) is 19.4 Å². The van der Waals surface area contributed by atoms with E-state index in [-0.39, 0.29) is 17.4 Å². The molecule has 1 fully saturated rings. The molecular formula is C18H22N4O3. The molecule has 7 nitrogen and oxygen atoms in total. The Morgan fingerprint density at radius 2 is 2.00 bits per heavy atom. The van der Waals surface area contributed by atoms with Gasteiger partial charge in [-0.05, 0) is 30.5 Å². The van der Waals surface area contributed by atoms with Crippen molar-refractivity contribution >= 4 is 11.8 Å². The van der Waals surface area contributed by atoms with E-state index in [0.29, 0.717) is 32.5 Å². The number of nitrogens with zero attached hydrogens (tertiary/aromatic N) is 2. The highest BCUT2D eigenvalue weighted by Gasteiger charge is 2.22. The van der Waals surface area contributed by atoms with Crippen LogP contribution < -0.4 is 15.8 Å². The molecule has 0 saturated carbocycles. The topological polar surface area (TPSA) is 108 Å². The van der Waals surface area contributed by atoms with Gasteiger partial charge in [-0.15, -0.1) is 0 Å². The first kappa shape index (κ1) is 18.3. The maximum atomic E-state index is 12.2. The van der Waals surface area contributed by atoms with Gasteiger partial charge < -0.3 is 20.7 Å². The zero-order chi connectivity index (χ0) is 18.2. The predicted molar refractivity (Wildman–Crippen MR) is 92.0 cm³/mol. The molecule has 2 amide bonds. The van der Waals surface area contributed by atoms with Crippen molar-refractivity contribution in [2.75, 3.05) is 20.2 Å². The molecule has 0 unspecified atom stereocenters. The van der Waals surface area contributed by atoms with E-state index < -0.39 is 5.91 Å². The lowest BCUT2D eigenvalue weighted by Crippen LogP contribution is -2.36. The molecule has 1 heterocycles. The molecule has 132 valence electrons. The number of amides is 2. The summed E-state index contributed by atoms with van der Waals surface area (Å²) < 4.78 is 5.08. The lowest BCUT2D eigenvalue weighted by molar-refractivity contribution is -0.123. The van der Waals surface area contributed by atoms with Crippen LogP contribution in [-0.2, 0) is 16.1 Å². The summed E-state index contributed by atoms with van der Waals surface area (Å²) in [5.74, 6) is -0.0946. The molecule has 25 heavy (non-hydrogen) atoms. The Morgan fingerprint density at radius 3 is 2.52 bits per heavy atom. The molecule has 0 atom stereocenters. The fraction of sp³-hybridized carbons (Fsp3) is 0.389. The lowest BCUT2D eigenvalue weighted by atomic mass is 9.96. The number of hydrogen-bond donors (Lipinski definition) is 2. The number of ether oxygens (including phenoxy) is 1. The Labute approximate surface area is 147 Å². The number of carbonyl (C=O) groups is 2. The van der Waals surface area contributed by atoms with Crippen molar-refractivity contribution in [3.63, 3.8) is 0 Å². The fourth-order valence-corrected chi connectivity index (χ4v) is 2.65. The van der Waals surface area contributed by atoms with Gasteiger partial charge in [0, 0.05) is 31.8 Å². The van der Waals surface area contributed by atoms with Crippen LogP contribution in [0.4, 0.5) is 0 Å². The summed E-state index contributed by atoms with van der Waals surface area (Å²) >= 11 is 0. The highest BCUT2D eigenvalue weighted by Crippen LogP contribution is 2.17. The SMILES string of the molecule is COc1ccc(CNC(=O)/C(C#N)=C\N2CCC(C(N)=O)CC2)cc1. The highest BCUT2D eigenvalue weighted by molar-refractivity contribution is 5.97. The molecule has 1 aromatic carbocycles. The van der Waals surface area contributed by atoms with Gasteiger partial charge in [0.15, 0.2) is 0 Å².